The van der Waals surface area contributed by atoms with Crippen LogP contribution in [0.5, 0.6) is 0 Å². The Morgan fingerprint density at radius 1 is 1.07 bits per heavy atom. The monoisotopic (exact) mass is 374 g/mol. The summed E-state index contributed by atoms with van der Waals surface area (Å²) in [7, 11) is 0. The van der Waals surface area contributed by atoms with Crippen molar-refractivity contribution in [2.75, 3.05) is 0 Å². The zero-order chi connectivity index (χ0) is 7.66. The summed E-state index contributed by atoms with van der Waals surface area (Å²) in [6.07, 6.45) is 10.0. The molecule has 1 rings (SSSR count). The molecule has 0 unspecified atom stereocenters. The van der Waals surface area contributed by atoms with E-state index in [1.807, 2.05) is 12.2 Å². The Morgan fingerprint density at radius 2 is 1.57 bits per heavy atom. The van der Waals surface area contributed by atoms with Gasteiger partial charge in [-0.3, -0.25) is 6.08 Å². The Morgan fingerprint density at radius 3 is 1.64 bits per heavy atom. The number of hydrogen-bond donors (Lipinski definition) is 0. The van der Waals surface area contributed by atoms with E-state index in [1.54, 1.807) is 0 Å². The second-order valence-electron chi connectivity index (χ2n) is 1.22. The van der Waals surface area contributed by atoms with E-state index in [2.05, 4.69) is 12.2 Å². The third kappa shape index (κ3) is 30.2. The quantitative estimate of drug-likeness (QED) is 0.611. The van der Waals surface area contributed by atoms with Crippen molar-refractivity contribution in [3.63, 3.8) is 0 Å². The molecule has 0 aromatic rings. The predicted molar refractivity (Wildman–Crippen MR) is 58.6 cm³/mol. The van der Waals surface area contributed by atoms with Crippen molar-refractivity contribution >= 4 is 8.79 Å². The number of allylic oxidation sites excluding steroid dienone is 4. The third-order valence-electron chi connectivity index (χ3n) is 0.654. The summed E-state index contributed by atoms with van der Waals surface area (Å²) >= 11 is -1.08. The van der Waals surface area contributed by atoms with Crippen molar-refractivity contribution in [3.05, 3.63) is 54.0 Å². The van der Waals surface area contributed by atoms with Gasteiger partial charge >= 0.3 is 35.2 Å². The van der Waals surface area contributed by atoms with Gasteiger partial charge in [-0.25, -0.2) is 12.2 Å². The van der Waals surface area contributed by atoms with Crippen molar-refractivity contribution in [1.82, 2.24) is 0 Å². The average molecular weight is 373 g/mol. The topological polar surface area (TPSA) is 34.1 Å². The van der Waals surface area contributed by atoms with Crippen LogP contribution in [0.1, 0.15) is 6.42 Å². The molecule has 2 nitrogen and oxygen atoms in total. The number of rotatable bonds is 0. The fraction of sp³-hybridized carbons (Fsp3) is 0.0909. The standard InChI is InChI=1S/C5H5.2CO.4CH3.Ir/c1-2-4-5-3-1;2*1-2;;;;;/h1-3H,4H2;;;4*1H3;/q-1;;;4*-1;. The van der Waals surface area contributed by atoms with Gasteiger partial charge in [0.2, 0.25) is 0 Å². The molecule has 0 spiro atoms. The summed E-state index contributed by atoms with van der Waals surface area (Å²) in [4.78, 5) is 18.1. The van der Waals surface area contributed by atoms with E-state index < -0.39 is 16.8 Å². The number of hydrogen-bond acceptors (Lipinski definition) is 2. The fourth-order valence-corrected chi connectivity index (χ4v) is 0.454. The van der Waals surface area contributed by atoms with Gasteiger partial charge in [-0.1, -0.05) is 0 Å². The first-order valence-corrected chi connectivity index (χ1v) is 4.85. The minimum Gasteiger partial charge on any atom is -0.358 e. The maximum atomic E-state index is 9.07. The molecular formula is C11H17IrO2-5. The van der Waals surface area contributed by atoms with E-state index in [4.69, 9.17) is 9.59 Å². The van der Waals surface area contributed by atoms with Crippen LogP contribution < -0.4 is 0 Å². The van der Waals surface area contributed by atoms with Crippen molar-refractivity contribution in [2.24, 2.45) is 0 Å². The maximum absolute atomic E-state index is 9.07. The van der Waals surface area contributed by atoms with Gasteiger partial charge in [0.05, 0.1) is 0 Å². The van der Waals surface area contributed by atoms with Crippen LogP contribution in [0.4, 0.5) is 0 Å². The van der Waals surface area contributed by atoms with Crippen LogP contribution in [-0.2, 0) is 26.4 Å². The molecule has 0 saturated carbocycles. The normalized spacial score (nSPS) is 8.00. The van der Waals surface area contributed by atoms with Crippen LogP contribution in [0.3, 0.4) is 0 Å². The van der Waals surface area contributed by atoms with E-state index >= 15 is 0 Å². The van der Waals surface area contributed by atoms with Gasteiger partial charge in [0.25, 0.3) is 0 Å². The van der Waals surface area contributed by atoms with E-state index in [0.717, 1.165) is 6.42 Å². The van der Waals surface area contributed by atoms with Gasteiger partial charge in [0.1, 0.15) is 0 Å². The maximum Gasteiger partial charge on any atom is -0.109 e. The van der Waals surface area contributed by atoms with Crippen LogP contribution in [0, 0.1) is 35.8 Å². The molecule has 14 heavy (non-hydrogen) atoms. The zero-order valence-electron chi connectivity index (χ0n) is 9.09. The zero-order valence-corrected chi connectivity index (χ0v) is 11.5. The van der Waals surface area contributed by atoms with Gasteiger partial charge < -0.3 is 29.7 Å². The predicted octanol–water partition coefficient (Wildman–Crippen LogP) is 2.31. The van der Waals surface area contributed by atoms with Gasteiger partial charge in [-0.2, -0.15) is 6.08 Å². The molecule has 0 aromatic heterocycles. The summed E-state index contributed by atoms with van der Waals surface area (Å²) in [6.45, 7) is 0. The number of carbonyl (C=O) groups excluding carboxylic acids is 2. The van der Waals surface area contributed by atoms with Crippen molar-refractivity contribution in [2.45, 2.75) is 6.42 Å². The molecule has 0 heterocycles. The molecule has 1 aliphatic carbocycles. The second kappa shape index (κ2) is 29.5. The molecule has 0 atom stereocenters. The first-order chi connectivity index (χ1) is 4.91. The largest absolute Gasteiger partial charge is 0.358 e. The molecular weight excluding hydrogens is 356 g/mol. The minimum atomic E-state index is -1.08. The Balaban J connectivity index is -0.0000000300. The Labute approximate surface area is 95.7 Å². The molecule has 0 N–H and O–H groups in total. The second-order valence-corrected chi connectivity index (χ2v) is 2.80. The Bertz CT molecular complexity index is 216. The smallest absolute Gasteiger partial charge is 0.109 e. The SMILES string of the molecule is O=[C]=[Ir]=[C]=O.[C-]1=CC=CC1.[CH3-].[CH3-].[CH3-].[CH3-]. The molecule has 3 heteroatoms. The van der Waals surface area contributed by atoms with Crippen molar-refractivity contribution < 1.29 is 26.4 Å². The Hall–Kier alpha value is -0.711. The molecule has 1 aliphatic rings. The van der Waals surface area contributed by atoms with E-state index in [0.29, 0.717) is 0 Å². The first kappa shape index (κ1) is 29.2. The summed E-state index contributed by atoms with van der Waals surface area (Å²) in [5.74, 6) is 0. The average Bonchev–Trinajstić information content (AvgIpc) is 2.44. The first-order valence-electron chi connectivity index (χ1n) is 2.46. The van der Waals surface area contributed by atoms with Crippen LogP contribution >= 0.6 is 0 Å². The van der Waals surface area contributed by atoms with Crippen molar-refractivity contribution in [1.29, 1.82) is 0 Å². The van der Waals surface area contributed by atoms with Crippen molar-refractivity contribution in [3.8, 4) is 0 Å². The molecule has 0 radical (unpaired) electrons. The van der Waals surface area contributed by atoms with Crippen LogP contribution in [-0.4, -0.2) is 8.79 Å². The van der Waals surface area contributed by atoms with E-state index in [9.17, 15) is 0 Å². The van der Waals surface area contributed by atoms with Gasteiger partial charge in [0, 0.05) is 0 Å². The van der Waals surface area contributed by atoms with Gasteiger partial charge in [-0.05, 0) is 0 Å². The van der Waals surface area contributed by atoms with E-state index in [-0.39, 0.29) is 29.7 Å². The third-order valence-corrected chi connectivity index (χ3v) is 1.14. The summed E-state index contributed by atoms with van der Waals surface area (Å²) in [5.41, 5.74) is 0. The van der Waals surface area contributed by atoms with Gasteiger partial charge in [-0.15, -0.1) is 6.42 Å². The van der Waals surface area contributed by atoms with Crippen LogP contribution in [0.2, 0.25) is 0 Å². The molecule has 0 amide bonds. The molecule has 0 bridgehead atoms. The van der Waals surface area contributed by atoms with E-state index in [1.165, 1.54) is 8.79 Å². The fourth-order valence-electron chi connectivity index (χ4n) is 0.354. The van der Waals surface area contributed by atoms with Crippen LogP contribution in [0.25, 0.3) is 0 Å². The molecule has 0 aliphatic heterocycles. The summed E-state index contributed by atoms with van der Waals surface area (Å²) in [6, 6.07) is 0. The van der Waals surface area contributed by atoms with Gasteiger partial charge in [0.15, 0.2) is 0 Å². The minimum absolute atomic E-state index is 0. The Kier molecular flexibility index (Phi) is 61.5. The molecule has 0 fully saturated rings. The summed E-state index contributed by atoms with van der Waals surface area (Å²) < 4.78 is 2.94. The van der Waals surface area contributed by atoms with Crippen LogP contribution in [0.15, 0.2) is 18.2 Å². The molecule has 0 saturated heterocycles. The molecule has 87 valence electrons. The molecule has 0 aromatic carbocycles. The summed E-state index contributed by atoms with van der Waals surface area (Å²) in [5, 5.41) is 0.